The van der Waals surface area contributed by atoms with Crippen LogP contribution in [0.25, 0.3) is 11.0 Å². The predicted molar refractivity (Wildman–Crippen MR) is 124 cm³/mol. The molecule has 0 bridgehead atoms. The Morgan fingerprint density at radius 1 is 1.11 bits per heavy atom. The van der Waals surface area contributed by atoms with Crippen LogP contribution in [0.5, 0.6) is 0 Å². The van der Waals surface area contributed by atoms with Gasteiger partial charge >= 0.3 is 0 Å². The number of alkyl halides is 2. The lowest BCUT2D eigenvalue weighted by atomic mass is 9.84. The van der Waals surface area contributed by atoms with E-state index in [9.17, 15) is 23.1 Å². The zero-order valence-corrected chi connectivity index (χ0v) is 19.2. The Kier molecular flexibility index (Phi) is 6.48. The molecule has 0 radical (unpaired) electrons. The lowest BCUT2D eigenvalue weighted by Gasteiger charge is -2.29. The Morgan fingerprint density at radius 3 is 2.63 bits per heavy atom. The molecule has 3 heterocycles. The van der Waals surface area contributed by atoms with E-state index in [0.29, 0.717) is 48.2 Å². The van der Waals surface area contributed by atoms with Crippen molar-refractivity contribution in [2.45, 2.75) is 75.9 Å². The number of aliphatic hydroxyl groups excluding tert-OH is 1. The van der Waals surface area contributed by atoms with E-state index in [1.165, 1.54) is 18.6 Å². The number of nitrogens with zero attached hydrogens (tertiary/aromatic N) is 3. The highest BCUT2D eigenvalue weighted by molar-refractivity contribution is 6.18. The van der Waals surface area contributed by atoms with Gasteiger partial charge in [0, 0.05) is 24.7 Å². The number of carbonyl (C=O) groups excluding carboxylic acids is 1. The lowest BCUT2D eigenvalue weighted by molar-refractivity contribution is -0.0457. The first kappa shape index (κ1) is 23.7. The second kappa shape index (κ2) is 9.56. The summed E-state index contributed by atoms with van der Waals surface area (Å²) in [4.78, 5) is 28.7. The van der Waals surface area contributed by atoms with E-state index in [1.807, 2.05) is 0 Å². The van der Waals surface area contributed by atoms with Gasteiger partial charge in [0.15, 0.2) is 5.78 Å². The molecule has 2 fully saturated rings. The number of halogens is 3. The largest absolute Gasteiger partial charge is 0.391 e. The molecule has 10 heteroatoms. The molecule has 0 spiro atoms. The molecule has 0 aliphatic heterocycles. The van der Waals surface area contributed by atoms with Crippen LogP contribution in [0.2, 0.25) is 0 Å². The summed E-state index contributed by atoms with van der Waals surface area (Å²) in [6.07, 6.45) is 6.56. The first-order valence-electron chi connectivity index (χ1n) is 12.2. The molecule has 2 aliphatic rings. The highest BCUT2D eigenvalue weighted by Crippen LogP contribution is 2.37. The van der Waals surface area contributed by atoms with Crippen LogP contribution in [0.4, 0.5) is 19.0 Å². The molecule has 186 valence electrons. The number of rotatable bonds is 6. The average molecular weight is 488 g/mol. The second-order valence-electron chi connectivity index (χ2n) is 9.72. The van der Waals surface area contributed by atoms with Crippen molar-refractivity contribution in [3.05, 3.63) is 47.4 Å². The summed E-state index contributed by atoms with van der Waals surface area (Å²) in [6, 6.07) is 2.79. The molecule has 2 saturated carbocycles. The Bertz CT molecular complexity index is 1220. The van der Waals surface area contributed by atoms with E-state index >= 15 is 0 Å². The predicted octanol–water partition coefficient (Wildman–Crippen LogP) is 4.81. The number of aliphatic hydroxyl groups is 1. The second-order valence-corrected chi connectivity index (χ2v) is 9.72. The van der Waals surface area contributed by atoms with Crippen LogP contribution in [0, 0.1) is 11.9 Å². The SMILES string of the molecule is O=C(c1ccc(CC2CCC(F)(F)CC2)nc1F)c1c[nH]c2ncnc(N[C@@H]3CCCC[C@H]3O)c12. The number of nitrogens with one attached hydrogen (secondary N) is 2. The van der Waals surface area contributed by atoms with Crippen molar-refractivity contribution in [2.24, 2.45) is 5.92 Å². The number of pyridine rings is 1. The van der Waals surface area contributed by atoms with Crippen molar-refractivity contribution < 1.29 is 23.1 Å². The van der Waals surface area contributed by atoms with Gasteiger partial charge in [-0.15, -0.1) is 0 Å². The van der Waals surface area contributed by atoms with Crippen molar-refractivity contribution >= 4 is 22.6 Å². The van der Waals surface area contributed by atoms with Gasteiger partial charge in [-0.25, -0.2) is 23.7 Å². The van der Waals surface area contributed by atoms with Crippen LogP contribution in [-0.2, 0) is 6.42 Å². The summed E-state index contributed by atoms with van der Waals surface area (Å²) in [6.45, 7) is 0. The molecule has 7 nitrogen and oxygen atoms in total. The summed E-state index contributed by atoms with van der Waals surface area (Å²) >= 11 is 0. The number of aromatic amines is 1. The van der Waals surface area contributed by atoms with E-state index in [-0.39, 0.29) is 35.9 Å². The quantitative estimate of drug-likeness (QED) is 0.341. The molecule has 2 atom stereocenters. The van der Waals surface area contributed by atoms with E-state index in [2.05, 4.69) is 25.3 Å². The smallest absolute Gasteiger partial charge is 0.248 e. The zero-order chi connectivity index (χ0) is 24.6. The van der Waals surface area contributed by atoms with E-state index in [0.717, 1.165) is 19.3 Å². The molecule has 0 unspecified atom stereocenters. The maximum atomic E-state index is 15.0. The lowest BCUT2D eigenvalue weighted by Crippen LogP contribution is -2.36. The molecular weight excluding hydrogens is 459 g/mol. The van der Waals surface area contributed by atoms with Gasteiger partial charge in [-0.3, -0.25) is 4.79 Å². The highest BCUT2D eigenvalue weighted by atomic mass is 19.3. The van der Waals surface area contributed by atoms with Crippen LogP contribution in [0.3, 0.4) is 0 Å². The Labute approximate surface area is 200 Å². The number of anilines is 1. The number of aromatic nitrogens is 4. The van der Waals surface area contributed by atoms with Crippen LogP contribution in [0.1, 0.15) is 73.0 Å². The third-order valence-corrected chi connectivity index (χ3v) is 7.25. The number of hydrogen-bond donors (Lipinski definition) is 3. The van der Waals surface area contributed by atoms with Gasteiger partial charge in [-0.2, -0.15) is 4.39 Å². The first-order valence-corrected chi connectivity index (χ1v) is 12.2. The molecule has 0 saturated heterocycles. The van der Waals surface area contributed by atoms with Crippen molar-refractivity contribution in [1.82, 2.24) is 19.9 Å². The Balaban J connectivity index is 1.37. The Morgan fingerprint density at radius 2 is 1.89 bits per heavy atom. The number of hydrogen-bond acceptors (Lipinski definition) is 6. The van der Waals surface area contributed by atoms with E-state index < -0.39 is 23.8 Å². The number of ketones is 1. The van der Waals surface area contributed by atoms with Gasteiger partial charge in [0.05, 0.1) is 28.7 Å². The molecule has 0 aromatic carbocycles. The minimum Gasteiger partial charge on any atom is -0.391 e. The van der Waals surface area contributed by atoms with E-state index in [4.69, 9.17) is 0 Å². The Hall–Kier alpha value is -3.01. The van der Waals surface area contributed by atoms with E-state index in [1.54, 1.807) is 6.07 Å². The minimum atomic E-state index is -2.61. The highest BCUT2D eigenvalue weighted by Gasteiger charge is 2.35. The van der Waals surface area contributed by atoms with Gasteiger partial charge in [0.2, 0.25) is 11.9 Å². The topological polar surface area (TPSA) is 104 Å². The summed E-state index contributed by atoms with van der Waals surface area (Å²) < 4.78 is 41.8. The first-order chi connectivity index (χ1) is 16.8. The van der Waals surface area contributed by atoms with Crippen LogP contribution < -0.4 is 5.32 Å². The number of H-pyrrole nitrogens is 1. The summed E-state index contributed by atoms with van der Waals surface area (Å²) in [5.74, 6) is -3.64. The van der Waals surface area contributed by atoms with Gasteiger partial charge in [0.25, 0.3) is 0 Å². The standard InChI is InChI=1S/C25H28F3N5O2/c26-22-16(6-5-15(32-22)11-14-7-9-25(27,28)10-8-14)21(35)17-12-29-23-20(17)24(31-13-30-23)33-18-3-1-2-4-19(18)34/h5-6,12-14,18-19,34H,1-4,7-11H2,(H2,29,30,31,33)/t18-,19-/m1/s1. The average Bonchev–Trinajstić information content (AvgIpc) is 3.27. The van der Waals surface area contributed by atoms with Gasteiger partial charge in [0.1, 0.15) is 17.8 Å². The summed E-state index contributed by atoms with van der Waals surface area (Å²) in [5.41, 5.74) is 0.897. The molecular formula is C25H28F3N5O2. The molecule has 3 aromatic rings. The monoisotopic (exact) mass is 487 g/mol. The summed E-state index contributed by atoms with van der Waals surface area (Å²) in [7, 11) is 0. The minimum absolute atomic E-state index is 0.0256. The maximum Gasteiger partial charge on any atom is 0.248 e. The summed E-state index contributed by atoms with van der Waals surface area (Å²) in [5, 5.41) is 14.0. The van der Waals surface area contributed by atoms with Crippen molar-refractivity contribution in [1.29, 1.82) is 0 Å². The molecule has 3 aromatic heterocycles. The molecule has 2 aliphatic carbocycles. The molecule has 0 amide bonds. The third-order valence-electron chi connectivity index (χ3n) is 7.25. The van der Waals surface area contributed by atoms with Crippen LogP contribution in [0.15, 0.2) is 24.7 Å². The van der Waals surface area contributed by atoms with Crippen molar-refractivity contribution in [3.63, 3.8) is 0 Å². The fourth-order valence-electron chi connectivity index (χ4n) is 5.21. The van der Waals surface area contributed by atoms with Crippen LogP contribution >= 0.6 is 0 Å². The fraction of sp³-hybridized carbons (Fsp3) is 0.520. The molecule has 5 rings (SSSR count). The van der Waals surface area contributed by atoms with Crippen molar-refractivity contribution in [3.8, 4) is 0 Å². The van der Waals surface area contributed by atoms with Gasteiger partial charge < -0.3 is 15.4 Å². The van der Waals surface area contributed by atoms with Crippen LogP contribution in [-0.4, -0.2) is 48.9 Å². The third kappa shape index (κ3) is 5.03. The number of fused-ring (bicyclic) bond motifs is 1. The fourth-order valence-corrected chi connectivity index (χ4v) is 5.21. The van der Waals surface area contributed by atoms with Gasteiger partial charge in [-0.05, 0) is 50.2 Å². The zero-order valence-electron chi connectivity index (χ0n) is 19.2. The molecule has 35 heavy (non-hydrogen) atoms. The maximum absolute atomic E-state index is 15.0. The van der Waals surface area contributed by atoms with Gasteiger partial charge in [-0.1, -0.05) is 12.8 Å². The molecule has 3 N–H and O–H groups in total. The normalized spacial score (nSPS) is 22.9. The number of carbonyl (C=O) groups is 1. The van der Waals surface area contributed by atoms with Crippen molar-refractivity contribution in [2.75, 3.05) is 5.32 Å².